The maximum atomic E-state index is 5.75. The number of aromatic nitrogens is 2. The molecule has 0 aliphatic carbocycles. The van der Waals surface area contributed by atoms with Gasteiger partial charge < -0.3 is 15.0 Å². The summed E-state index contributed by atoms with van der Waals surface area (Å²) in [4.78, 5) is 4.20. The fourth-order valence-corrected chi connectivity index (χ4v) is 2.20. The van der Waals surface area contributed by atoms with Crippen molar-refractivity contribution in [3.8, 4) is 0 Å². The highest BCUT2D eigenvalue weighted by Crippen LogP contribution is 2.33. The Hall–Kier alpha value is -0.870. The number of nitrogens with two attached hydrogens (primary N) is 1. The summed E-state index contributed by atoms with van der Waals surface area (Å²) in [5.74, 6) is 0.456. The van der Waals surface area contributed by atoms with Crippen LogP contribution >= 0.6 is 0 Å². The third kappa shape index (κ3) is 2.06. The van der Waals surface area contributed by atoms with E-state index in [1.165, 1.54) is 5.69 Å². The van der Waals surface area contributed by atoms with E-state index in [1.807, 2.05) is 12.5 Å². The number of aryl methyl sites for hydroxylation is 1. The minimum absolute atomic E-state index is 0.157. The predicted octanol–water partition coefficient (Wildman–Crippen LogP) is 1.33. The zero-order valence-corrected chi connectivity index (χ0v) is 9.22. The van der Waals surface area contributed by atoms with Crippen LogP contribution in [0.5, 0.6) is 0 Å². The molecule has 4 heteroatoms. The van der Waals surface area contributed by atoms with E-state index in [-0.39, 0.29) is 6.10 Å². The molecule has 2 N–H and O–H groups in total. The number of hydrogen-bond acceptors (Lipinski definition) is 3. The van der Waals surface area contributed by atoms with Crippen molar-refractivity contribution in [3.63, 3.8) is 0 Å². The van der Waals surface area contributed by atoms with Gasteiger partial charge in [-0.15, -0.1) is 0 Å². The minimum Gasteiger partial charge on any atom is -0.372 e. The van der Waals surface area contributed by atoms with Gasteiger partial charge in [0.15, 0.2) is 0 Å². The normalized spacial score (nSPS) is 26.0. The quantitative estimate of drug-likeness (QED) is 0.814. The Balaban J connectivity index is 2.16. The Bertz CT molecular complexity index is 311. The van der Waals surface area contributed by atoms with Gasteiger partial charge in [-0.3, -0.25) is 0 Å². The molecule has 0 amide bonds. The average molecular weight is 209 g/mol. The number of imidazole rings is 1. The second-order valence-electron chi connectivity index (χ2n) is 4.09. The molecule has 1 aliphatic rings. The standard InChI is InChI=1S/C11H19N3O/c1-2-4-14-8-13-7-10(14)11-9(6-12)3-5-15-11/h7-9,11H,2-6,12H2,1H3. The van der Waals surface area contributed by atoms with Gasteiger partial charge in [0, 0.05) is 19.1 Å². The van der Waals surface area contributed by atoms with Gasteiger partial charge in [-0.1, -0.05) is 6.92 Å². The molecule has 1 aromatic rings. The van der Waals surface area contributed by atoms with Crippen molar-refractivity contribution in [3.05, 3.63) is 18.2 Å². The molecule has 4 nitrogen and oxygen atoms in total. The Kier molecular flexibility index (Phi) is 3.38. The van der Waals surface area contributed by atoms with Crippen molar-refractivity contribution in [1.82, 2.24) is 9.55 Å². The van der Waals surface area contributed by atoms with Crippen LogP contribution in [0.4, 0.5) is 0 Å². The number of rotatable bonds is 4. The monoisotopic (exact) mass is 209 g/mol. The first kappa shape index (κ1) is 10.6. The highest BCUT2D eigenvalue weighted by molar-refractivity contribution is 5.06. The lowest BCUT2D eigenvalue weighted by atomic mass is 9.99. The van der Waals surface area contributed by atoms with Crippen LogP contribution in [0.25, 0.3) is 0 Å². The highest BCUT2D eigenvalue weighted by Gasteiger charge is 2.30. The zero-order chi connectivity index (χ0) is 10.7. The number of ether oxygens (including phenoxy) is 1. The van der Waals surface area contributed by atoms with E-state index in [9.17, 15) is 0 Å². The Morgan fingerprint density at radius 2 is 2.53 bits per heavy atom. The molecule has 1 saturated heterocycles. The molecule has 0 spiro atoms. The number of hydrogen-bond donors (Lipinski definition) is 1. The third-order valence-corrected chi connectivity index (χ3v) is 3.02. The predicted molar refractivity (Wildman–Crippen MR) is 58.4 cm³/mol. The first-order valence-corrected chi connectivity index (χ1v) is 5.68. The van der Waals surface area contributed by atoms with Crippen LogP contribution in [-0.2, 0) is 11.3 Å². The van der Waals surface area contributed by atoms with Crippen molar-refractivity contribution in [2.75, 3.05) is 13.2 Å². The van der Waals surface area contributed by atoms with Gasteiger partial charge in [-0.2, -0.15) is 0 Å². The summed E-state index contributed by atoms with van der Waals surface area (Å²) in [5, 5.41) is 0. The molecule has 15 heavy (non-hydrogen) atoms. The van der Waals surface area contributed by atoms with E-state index in [4.69, 9.17) is 10.5 Å². The van der Waals surface area contributed by atoms with Gasteiger partial charge in [0.25, 0.3) is 0 Å². The van der Waals surface area contributed by atoms with E-state index >= 15 is 0 Å². The first-order chi connectivity index (χ1) is 7.36. The summed E-state index contributed by atoms with van der Waals surface area (Å²) in [6.07, 6.45) is 6.13. The van der Waals surface area contributed by atoms with Gasteiger partial charge in [-0.25, -0.2) is 4.98 Å². The molecule has 0 saturated carbocycles. The van der Waals surface area contributed by atoms with Crippen LogP contribution in [0.1, 0.15) is 31.6 Å². The SMILES string of the molecule is CCCn1cncc1C1OCCC1CN. The van der Waals surface area contributed by atoms with Crippen molar-refractivity contribution in [2.24, 2.45) is 11.7 Å². The van der Waals surface area contributed by atoms with Crippen LogP contribution in [0.2, 0.25) is 0 Å². The Morgan fingerprint density at radius 1 is 1.67 bits per heavy atom. The highest BCUT2D eigenvalue weighted by atomic mass is 16.5. The molecule has 2 atom stereocenters. The zero-order valence-electron chi connectivity index (χ0n) is 9.22. The molecule has 1 fully saturated rings. The van der Waals surface area contributed by atoms with Crippen molar-refractivity contribution in [1.29, 1.82) is 0 Å². The fraction of sp³-hybridized carbons (Fsp3) is 0.727. The summed E-state index contributed by atoms with van der Waals surface area (Å²) in [6.45, 7) is 4.69. The van der Waals surface area contributed by atoms with Gasteiger partial charge in [0.2, 0.25) is 0 Å². The smallest absolute Gasteiger partial charge is 0.103 e. The molecular weight excluding hydrogens is 190 g/mol. The molecule has 2 heterocycles. The summed E-state index contributed by atoms with van der Waals surface area (Å²) < 4.78 is 7.93. The molecule has 0 radical (unpaired) electrons. The van der Waals surface area contributed by atoms with E-state index in [0.29, 0.717) is 12.5 Å². The van der Waals surface area contributed by atoms with Crippen molar-refractivity contribution in [2.45, 2.75) is 32.4 Å². The van der Waals surface area contributed by atoms with Crippen LogP contribution < -0.4 is 5.73 Å². The second-order valence-corrected chi connectivity index (χ2v) is 4.09. The fourth-order valence-electron chi connectivity index (χ4n) is 2.20. The number of nitrogens with zero attached hydrogens (tertiary/aromatic N) is 2. The minimum atomic E-state index is 0.157. The topological polar surface area (TPSA) is 53.1 Å². The average Bonchev–Trinajstić information content (AvgIpc) is 2.84. The van der Waals surface area contributed by atoms with E-state index < -0.39 is 0 Å². The summed E-state index contributed by atoms with van der Waals surface area (Å²) >= 11 is 0. The van der Waals surface area contributed by atoms with Gasteiger partial charge >= 0.3 is 0 Å². The molecule has 2 rings (SSSR count). The molecule has 0 aromatic carbocycles. The van der Waals surface area contributed by atoms with Crippen LogP contribution in [0, 0.1) is 5.92 Å². The first-order valence-electron chi connectivity index (χ1n) is 5.68. The maximum absolute atomic E-state index is 5.75. The maximum Gasteiger partial charge on any atom is 0.103 e. The van der Waals surface area contributed by atoms with Crippen LogP contribution in [0.3, 0.4) is 0 Å². The molecular formula is C11H19N3O. The van der Waals surface area contributed by atoms with Crippen LogP contribution in [-0.4, -0.2) is 22.7 Å². The second kappa shape index (κ2) is 4.77. The Labute approximate surface area is 90.4 Å². The van der Waals surface area contributed by atoms with Crippen molar-refractivity contribution >= 4 is 0 Å². The summed E-state index contributed by atoms with van der Waals surface area (Å²) in [5.41, 5.74) is 6.93. The third-order valence-electron chi connectivity index (χ3n) is 3.02. The lowest BCUT2D eigenvalue weighted by Crippen LogP contribution is -2.20. The van der Waals surface area contributed by atoms with E-state index in [2.05, 4.69) is 16.5 Å². The summed E-state index contributed by atoms with van der Waals surface area (Å²) in [7, 11) is 0. The Morgan fingerprint density at radius 3 is 3.27 bits per heavy atom. The summed E-state index contributed by atoms with van der Waals surface area (Å²) in [6, 6.07) is 0. The van der Waals surface area contributed by atoms with Crippen molar-refractivity contribution < 1.29 is 4.74 Å². The lowest BCUT2D eigenvalue weighted by Gasteiger charge is -2.18. The van der Waals surface area contributed by atoms with Crippen LogP contribution in [0.15, 0.2) is 12.5 Å². The van der Waals surface area contributed by atoms with E-state index in [0.717, 1.165) is 26.0 Å². The molecule has 1 aromatic heterocycles. The molecule has 84 valence electrons. The van der Waals surface area contributed by atoms with Gasteiger partial charge in [-0.05, 0) is 19.4 Å². The van der Waals surface area contributed by atoms with Gasteiger partial charge in [0.1, 0.15) is 6.10 Å². The lowest BCUT2D eigenvalue weighted by molar-refractivity contribution is 0.0858. The molecule has 1 aliphatic heterocycles. The van der Waals surface area contributed by atoms with E-state index in [1.54, 1.807) is 0 Å². The molecule has 0 bridgehead atoms. The largest absolute Gasteiger partial charge is 0.372 e. The molecule has 2 unspecified atom stereocenters. The van der Waals surface area contributed by atoms with Gasteiger partial charge in [0.05, 0.1) is 18.2 Å².